The van der Waals surface area contributed by atoms with Crippen molar-refractivity contribution in [3.05, 3.63) is 11.9 Å². The maximum absolute atomic E-state index is 12.1. The topological polar surface area (TPSA) is 77.0 Å². The van der Waals surface area contributed by atoms with Crippen LogP contribution in [0.2, 0.25) is 0 Å². The highest BCUT2D eigenvalue weighted by Gasteiger charge is 2.20. The Bertz CT molecular complexity index is 358. The second-order valence-corrected chi connectivity index (χ2v) is 3.92. The third-order valence-electron chi connectivity index (χ3n) is 2.79. The molecule has 1 rings (SSSR count). The lowest BCUT2D eigenvalue weighted by molar-refractivity contribution is -0.134. The van der Waals surface area contributed by atoms with Crippen LogP contribution in [0.3, 0.4) is 0 Å². The quantitative estimate of drug-likeness (QED) is 0.769. The van der Waals surface area contributed by atoms with Gasteiger partial charge in [-0.2, -0.15) is 0 Å². The molecule has 1 aromatic rings. The molecule has 0 aliphatic rings. The summed E-state index contributed by atoms with van der Waals surface area (Å²) in [4.78, 5) is 13.9. The lowest BCUT2D eigenvalue weighted by Gasteiger charge is -2.22. The lowest BCUT2D eigenvalue weighted by Crippen LogP contribution is -2.36. The normalized spacial score (nSPS) is 12.5. The summed E-state index contributed by atoms with van der Waals surface area (Å²) in [7, 11) is 0. The molecule has 1 heterocycles. The third-order valence-corrected chi connectivity index (χ3v) is 2.79. The van der Waals surface area contributed by atoms with E-state index in [1.54, 1.807) is 15.8 Å². The van der Waals surface area contributed by atoms with Gasteiger partial charge in [0.25, 0.3) is 0 Å². The van der Waals surface area contributed by atoms with E-state index < -0.39 is 0 Å². The second kappa shape index (κ2) is 6.34. The van der Waals surface area contributed by atoms with E-state index in [9.17, 15) is 4.79 Å². The first-order chi connectivity index (χ1) is 8.13. The fourth-order valence-electron chi connectivity index (χ4n) is 1.68. The van der Waals surface area contributed by atoms with Crippen LogP contribution in [0.15, 0.2) is 6.20 Å². The zero-order valence-corrected chi connectivity index (χ0v) is 10.8. The molecule has 17 heavy (non-hydrogen) atoms. The van der Waals surface area contributed by atoms with Gasteiger partial charge in [0.05, 0.1) is 5.69 Å². The van der Waals surface area contributed by atoms with Gasteiger partial charge in [0, 0.05) is 25.7 Å². The standard InChI is InChI=1S/C11H21N5O/c1-4-15(5-2)11(17)9(3)16-8-10(6-7-12)13-14-16/h8-9H,4-7,12H2,1-3H3. The van der Waals surface area contributed by atoms with E-state index >= 15 is 0 Å². The third kappa shape index (κ3) is 3.26. The molecule has 96 valence electrons. The monoisotopic (exact) mass is 239 g/mol. The molecule has 6 heteroatoms. The maximum Gasteiger partial charge on any atom is 0.247 e. The van der Waals surface area contributed by atoms with Gasteiger partial charge in [0.1, 0.15) is 6.04 Å². The SMILES string of the molecule is CCN(CC)C(=O)C(C)n1cc(CCN)nn1. The maximum atomic E-state index is 12.1. The Hall–Kier alpha value is -1.43. The first-order valence-electron chi connectivity index (χ1n) is 6.03. The van der Waals surface area contributed by atoms with Crippen molar-refractivity contribution >= 4 is 5.91 Å². The largest absolute Gasteiger partial charge is 0.341 e. The Morgan fingerprint density at radius 1 is 1.53 bits per heavy atom. The molecule has 0 aliphatic carbocycles. The molecule has 0 aromatic carbocycles. The number of nitrogens with zero attached hydrogens (tertiary/aromatic N) is 4. The van der Waals surface area contributed by atoms with Crippen LogP contribution in [0.1, 0.15) is 32.5 Å². The molecule has 1 unspecified atom stereocenters. The summed E-state index contributed by atoms with van der Waals surface area (Å²) in [6.45, 7) is 7.73. The number of rotatable bonds is 6. The average Bonchev–Trinajstić information content (AvgIpc) is 2.78. The van der Waals surface area contributed by atoms with Gasteiger partial charge in [0.2, 0.25) is 5.91 Å². The Kier molecular flexibility index (Phi) is 5.09. The van der Waals surface area contributed by atoms with Gasteiger partial charge in [-0.3, -0.25) is 4.79 Å². The smallest absolute Gasteiger partial charge is 0.247 e. The fraction of sp³-hybridized carbons (Fsp3) is 0.727. The minimum absolute atomic E-state index is 0.0687. The molecule has 0 saturated heterocycles. The van der Waals surface area contributed by atoms with Crippen LogP contribution in [-0.4, -0.2) is 45.4 Å². The van der Waals surface area contributed by atoms with Gasteiger partial charge in [-0.1, -0.05) is 5.21 Å². The van der Waals surface area contributed by atoms with Crippen LogP contribution < -0.4 is 5.73 Å². The molecule has 1 atom stereocenters. The van der Waals surface area contributed by atoms with Crippen molar-refractivity contribution in [1.29, 1.82) is 0 Å². The Morgan fingerprint density at radius 3 is 2.71 bits per heavy atom. The number of carbonyl (C=O) groups is 1. The van der Waals surface area contributed by atoms with Crippen molar-refractivity contribution in [2.45, 2.75) is 33.2 Å². The number of hydrogen-bond donors (Lipinski definition) is 1. The molecule has 6 nitrogen and oxygen atoms in total. The minimum atomic E-state index is -0.311. The van der Waals surface area contributed by atoms with Crippen molar-refractivity contribution in [2.75, 3.05) is 19.6 Å². The van der Waals surface area contributed by atoms with Crippen molar-refractivity contribution in [3.63, 3.8) is 0 Å². The van der Waals surface area contributed by atoms with E-state index in [4.69, 9.17) is 5.73 Å². The zero-order valence-electron chi connectivity index (χ0n) is 10.8. The molecule has 2 N–H and O–H groups in total. The predicted octanol–water partition coefficient (Wildman–Crippen LogP) is 0.209. The summed E-state index contributed by atoms with van der Waals surface area (Å²) in [6, 6.07) is -0.311. The first kappa shape index (κ1) is 13.6. The second-order valence-electron chi connectivity index (χ2n) is 3.92. The molecule has 0 aliphatic heterocycles. The number of hydrogen-bond acceptors (Lipinski definition) is 4. The summed E-state index contributed by atoms with van der Waals surface area (Å²) in [6.07, 6.45) is 2.48. The van der Waals surface area contributed by atoms with Gasteiger partial charge in [-0.15, -0.1) is 5.10 Å². The van der Waals surface area contributed by atoms with Crippen molar-refractivity contribution in [1.82, 2.24) is 19.9 Å². The van der Waals surface area contributed by atoms with Crippen LogP contribution >= 0.6 is 0 Å². The van der Waals surface area contributed by atoms with Crippen LogP contribution in [0.5, 0.6) is 0 Å². The highest BCUT2D eigenvalue weighted by atomic mass is 16.2. The zero-order chi connectivity index (χ0) is 12.8. The number of aromatic nitrogens is 3. The number of likely N-dealkylation sites (N-methyl/N-ethyl adjacent to an activating group) is 1. The molecule has 0 radical (unpaired) electrons. The van der Waals surface area contributed by atoms with E-state index in [0.717, 1.165) is 5.69 Å². The molecule has 0 bridgehead atoms. The number of nitrogens with two attached hydrogens (primary N) is 1. The summed E-state index contributed by atoms with van der Waals surface area (Å²) in [5.74, 6) is 0.0687. The highest BCUT2D eigenvalue weighted by molar-refractivity contribution is 5.79. The van der Waals surface area contributed by atoms with E-state index in [0.29, 0.717) is 26.1 Å². The lowest BCUT2D eigenvalue weighted by atomic mass is 10.2. The van der Waals surface area contributed by atoms with Crippen LogP contribution in [0.25, 0.3) is 0 Å². The predicted molar refractivity (Wildman–Crippen MR) is 65.4 cm³/mol. The molecular weight excluding hydrogens is 218 g/mol. The van der Waals surface area contributed by atoms with Gasteiger partial charge >= 0.3 is 0 Å². The van der Waals surface area contributed by atoms with Gasteiger partial charge in [-0.25, -0.2) is 4.68 Å². The summed E-state index contributed by atoms with van der Waals surface area (Å²) >= 11 is 0. The summed E-state index contributed by atoms with van der Waals surface area (Å²) < 4.78 is 1.60. The first-order valence-corrected chi connectivity index (χ1v) is 6.03. The van der Waals surface area contributed by atoms with Gasteiger partial charge < -0.3 is 10.6 Å². The van der Waals surface area contributed by atoms with E-state index in [1.807, 2.05) is 20.8 Å². The fourth-order valence-corrected chi connectivity index (χ4v) is 1.68. The molecule has 1 aromatic heterocycles. The van der Waals surface area contributed by atoms with E-state index in [2.05, 4.69) is 10.3 Å². The van der Waals surface area contributed by atoms with Crippen LogP contribution in [-0.2, 0) is 11.2 Å². The van der Waals surface area contributed by atoms with Crippen molar-refractivity contribution in [3.8, 4) is 0 Å². The summed E-state index contributed by atoms with van der Waals surface area (Å²) in [5, 5.41) is 7.95. The summed E-state index contributed by atoms with van der Waals surface area (Å²) in [5.41, 5.74) is 6.27. The van der Waals surface area contributed by atoms with E-state index in [1.165, 1.54) is 0 Å². The Balaban J connectivity index is 2.73. The number of carbonyl (C=O) groups excluding carboxylic acids is 1. The molecule has 0 saturated carbocycles. The molecule has 0 fully saturated rings. The molecular formula is C11H21N5O. The average molecular weight is 239 g/mol. The molecule has 1 amide bonds. The number of amides is 1. The van der Waals surface area contributed by atoms with Crippen molar-refractivity contribution < 1.29 is 4.79 Å². The Morgan fingerprint density at radius 2 is 2.18 bits per heavy atom. The molecule has 0 spiro atoms. The minimum Gasteiger partial charge on any atom is -0.341 e. The Labute approximate surface area is 102 Å². The van der Waals surface area contributed by atoms with Crippen LogP contribution in [0, 0.1) is 0 Å². The van der Waals surface area contributed by atoms with Gasteiger partial charge in [-0.05, 0) is 27.3 Å². The highest BCUT2D eigenvalue weighted by Crippen LogP contribution is 2.09. The van der Waals surface area contributed by atoms with Gasteiger partial charge in [0.15, 0.2) is 0 Å². The van der Waals surface area contributed by atoms with E-state index in [-0.39, 0.29) is 11.9 Å². The van der Waals surface area contributed by atoms with Crippen molar-refractivity contribution in [2.24, 2.45) is 5.73 Å². The van der Waals surface area contributed by atoms with Crippen LogP contribution in [0.4, 0.5) is 0 Å².